The monoisotopic (exact) mass is 266 g/mol. The van der Waals surface area contributed by atoms with Gasteiger partial charge in [-0.3, -0.25) is 4.68 Å². The number of carbonyl (C=O) groups is 1. The minimum Gasteiger partial charge on any atom is -0.444 e. The van der Waals surface area contributed by atoms with Crippen molar-refractivity contribution in [1.82, 2.24) is 20.4 Å². The van der Waals surface area contributed by atoms with E-state index in [9.17, 15) is 4.79 Å². The maximum absolute atomic E-state index is 11.8. The topological polar surface area (TPSA) is 68.2 Å². The van der Waals surface area contributed by atoms with E-state index in [1.807, 2.05) is 40.2 Å². The highest BCUT2D eigenvalue weighted by molar-refractivity contribution is 5.68. The van der Waals surface area contributed by atoms with Gasteiger partial charge in [0, 0.05) is 32.3 Å². The zero-order valence-corrected chi connectivity index (χ0v) is 11.9. The Bertz CT molecular complexity index is 450. The van der Waals surface area contributed by atoms with Gasteiger partial charge in [-0.15, -0.1) is 0 Å². The predicted octanol–water partition coefficient (Wildman–Crippen LogP) is 1.00. The highest BCUT2D eigenvalue weighted by atomic mass is 16.6. The Kier molecular flexibility index (Phi) is 3.80. The van der Waals surface area contributed by atoms with Crippen molar-refractivity contribution in [3.8, 4) is 0 Å². The molecule has 1 aliphatic heterocycles. The van der Waals surface area contributed by atoms with Crippen LogP contribution in [0.3, 0.4) is 0 Å². The molecule has 0 unspecified atom stereocenters. The van der Waals surface area contributed by atoms with E-state index in [4.69, 9.17) is 4.74 Å². The number of ether oxygens (including phenoxy) is 1. The second kappa shape index (κ2) is 5.21. The van der Waals surface area contributed by atoms with Crippen molar-refractivity contribution in [2.45, 2.75) is 38.3 Å². The number of nitrogens with one attached hydrogen (secondary N) is 2. The standard InChI is InChI=1S/C13H22N4O2/c1-13(2,3)19-12(18)16-11-7-14-6-10(11)9-5-15-17(4)8-9/h5,8,10-11,14H,6-7H2,1-4H3,(H,16,18)/t10-,11-/m1/s1. The second-order valence-corrected chi connectivity index (χ2v) is 5.96. The number of rotatable bonds is 2. The lowest BCUT2D eigenvalue weighted by Gasteiger charge is -2.23. The summed E-state index contributed by atoms with van der Waals surface area (Å²) in [6.07, 6.45) is 3.47. The molecule has 19 heavy (non-hydrogen) atoms. The maximum Gasteiger partial charge on any atom is 0.407 e. The number of aromatic nitrogens is 2. The number of nitrogens with zero attached hydrogens (tertiary/aromatic N) is 2. The highest BCUT2D eigenvalue weighted by Crippen LogP contribution is 2.22. The minimum absolute atomic E-state index is 0.0408. The first kappa shape index (κ1) is 13.9. The smallest absolute Gasteiger partial charge is 0.407 e. The lowest BCUT2D eigenvalue weighted by Crippen LogP contribution is -2.42. The zero-order chi connectivity index (χ0) is 14.0. The number of hydrogen-bond donors (Lipinski definition) is 2. The van der Waals surface area contributed by atoms with Crippen LogP contribution in [-0.4, -0.2) is 40.6 Å². The molecule has 0 saturated carbocycles. The fourth-order valence-corrected chi connectivity index (χ4v) is 2.27. The molecule has 1 fully saturated rings. The van der Waals surface area contributed by atoms with Gasteiger partial charge in [-0.25, -0.2) is 4.79 Å². The van der Waals surface area contributed by atoms with E-state index >= 15 is 0 Å². The molecule has 2 N–H and O–H groups in total. The number of hydrogen-bond acceptors (Lipinski definition) is 4. The molecule has 106 valence electrons. The van der Waals surface area contributed by atoms with E-state index in [2.05, 4.69) is 15.7 Å². The SMILES string of the molecule is Cn1cc([C@H]2CNC[C@H]2NC(=O)OC(C)(C)C)cn1. The van der Waals surface area contributed by atoms with Gasteiger partial charge >= 0.3 is 6.09 Å². The second-order valence-electron chi connectivity index (χ2n) is 5.96. The molecule has 1 aromatic rings. The van der Waals surface area contributed by atoms with Crippen LogP contribution >= 0.6 is 0 Å². The van der Waals surface area contributed by atoms with Crippen LogP contribution in [0, 0.1) is 0 Å². The van der Waals surface area contributed by atoms with Gasteiger partial charge in [0.1, 0.15) is 5.60 Å². The summed E-state index contributed by atoms with van der Waals surface area (Å²) in [4.78, 5) is 11.8. The summed E-state index contributed by atoms with van der Waals surface area (Å²) in [5.41, 5.74) is 0.661. The maximum atomic E-state index is 11.8. The first-order chi connectivity index (χ1) is 8.85. The lowest BCUT2D eigenvalue weighted by molar-refractivity contribution is 0.0504. The molecule has 1 amide bonds. The van der Waals surface area contributed by atoms with Crippen molar-refractivity contribution in [2.24, 2.45) is 7.05 Å². The number of aryl methyl sites for hydroxylation is 1. The normalized spacial score (nSPS) is 23.4. The third kappa shape index (κ3) is 3.70. The Morgan fingerprint density at radius 3 is 2.84 bits per heavy atom. The third-order valence-electron chi connectivity index (χ3n) is 3.07. The molecular formula is C13H22N4O2. The summed E-state index contributed by atoms with van der Waals surface area (Å²) in [5.74, 6) is 0.237. The van der Waals surface area contributed by atoms with Crippen LogP contribution in [0.5, 0.6) is 0 Å². The van der Waals surface area contributed by atoms with Gasteiger partial charge in [-0.05, 0) is 26.3 Å². The molecule has 0 aliphatic carbocycles. The molecule has 0 aromatic carbocycles. The largest absolute Gasteiger partial charge is 0.444 e. The average molecular weight is 266 g/mol. The molecule has 1 saturated heterocycles. The Morgan fingerprint density at radius 2 is 2.26 bits per heavy atom. The molecule has 0 spiro atoms. The van der Waals surface area contributed by atoms with Gasteiger partial charge in [-0.1, -0.05) is 0 Å². The van der Waals surface area contributed by atoms with Crippen LogP contribution in [0.15, 0.2) is 12.4 Å². The molecule has 1 aromatic heterocycles. The average Bonchev–Trinajstić information content (AvgIpc) is 2.83. The van der Waals surface area contributed by atoms with Crippen LogP contribution in [-0.2, 0) is 11.8 Å². The first-order valence-electron chi connectivity index (χ1n) is 6.54. The molecular weight excluding hydrogens is 244 g/mol. The van der Waals surface area contributed by atoms with Crippen molar-refractivity contribution in [1.29, 1.82) is 0 Å². The summed E-state index contributed by atoms with van der Waals surface area (Å²) in [7, 11) is 1.89. The van der Waals surface area contributed by atoms with Gasteiger partial charge in [-0.2, -0.15) is 5.10 Å². The van der Waals surface area contributed by atoms with Gasteiger partial charge in [0.2, 0.25) is 0 Å². The Labute approximate surface area is 113 Å². The van der Waals surface area contributed by atoms with Crippen molar-refractivity contribution >= 4 is 6.09 Å². The van der Waals surface area contributed by atoms with Crippen molar-refractivity contribution in [2.75, 3.05) is 13.1 Å². The number of carbonyl (C=O) groups excluding carboxylic acids is 1. The summed E-state index contributed by atoms with van der Waals surface area (Å²) < 4.78 is 7.07. The van der Waals surface area contributed by atoms with Crippen LogP contribution in [0.4, 0.5) is 4.79 Å². The molecule has 1 aliphatic rings. The first-order valence-corrected chi connectivity index (χ1v) is 6.54. The van der Waals surface area contributed by atoms with Crippen LogP contribution in [0.2, 0.25) is 0 Å². The van der Waals surface area contributed by atoms with E-state index in [1.54, 1.807) is 4.68 Å². The predicted molar refractivity (Wildman–Crippen MR) is 72.0 cm³/mol. The van der Waals surface area contributed by atoms with E-state index in [0.29, 0.717) is 0 Å². The highest BCUT2D eigenvalue weighted by Gasteiger charge is 2.31. The molecule has 0 bridgehead atoms. The van der Waals surface area contributed by atoms with Crippen LogP contribution in [0.1, 0.15) is 32.3 Å². The fourth-order valence-electron chi connectivity index (χ4n) is 2.27. The number of alkyl carbamates (subject to hydrolysis) is 1. The molecule has 2 rings (SSSR count). The summed E-state index contributed by atoms with van der Waals surface area (Å²) in [6, 6.07) is 0.0408. The third-order valence-corrected chi connectivity index (χ3v) is 3.07. The van der Waals surface area contributed by atoms with Gasteiger partial charge < -0.3 is 15.4 Å². The Balaban J connectivity index is 1.98. The van der Waals surface area contributed by atoms with Crippen LogP contribution in [0.25, 0.3) is 0 Å². The number of amides is 1. The quantitative estimate of drug-likeness (QED) is 0.838. The Morgan fingerprint density at radius 1 is 1.53 bits per heavy atom. The molecule has 2 heterocycles. The summed E-state index contributed by atoms with van der Waals surface area (Å²) in [6.45, 7) is 7.17. The van der Waals surface area contributed by atoms with Crippen molar-refractivity contribution in [3.63, 3.8) is 0 Å². The lowest BCUT2D eigenvalue weighted by atomic mass is 9.97. The molecule has 0 radical (unpaired) electrons. The molecule has 6 nitrogen and oxygen atoms in total. The van der Waals surface area contributed by atoms with E-state index in [0.717, 1.165) is 18.7 Å². The minimum atomic E-state index is -0.472. The van der Waals surface area contributed by atoms with E-state index in [1.165, 1.54) is 0 Å². The molecule has 2 atom stereocenters. The molecule has 6 heteroatoms. The van der Waals surface area contributed by atoms with Crippen molar-refractivity contribution in [3.05, 3.63) is 18.0 Å². The van der Waals surface area contributed by atoms with E-state index in [-0.39, 0.29) is 18.1 Å². The Hall–Kier alpha value is -1.56. The van der Waals surface area contributed by atoms with Crippen LogP contribution < -0.4 is 10.6 Å². The van der Waals surface area contributed by atoms with Crippen molar-refractivity contribution < 1.29 is 9.53 Å². The summed E-state index contributed by atoms with van der Waals surface area (Å²) in [5, 5.41) is 10.4. The van der Waals surface area contributed by atoms with E-state index < -0.39 is 5.60 Å². The fraction of sp³-hybridized carbons (Fsp3) is 0.692. The van der Waals surface area contributed by atoms with Gasteiger partial charge in [0.05, 0.1) is 12.2 Å². The summed E-state index contributed by atoms with van der Waals surface area (Å²) >= 11 is 0. The van der Waals surface area contributed by atoms with Gasteiger partial charge in [0.25, 0.3) is 0 Å². The van der Waals surface area contributed by atoms with Gasteiger partial charge in [0.15, 0.2) is 0 Å². The zero-order valence-electron chi connectivity index (χ0n) is 11.9.